The highest BCUT2D eigenvalue weighted by Gasteiger charge is 1.94. The van der Waals surface area contributed by atoms with E-state index >= 15 is 0 Å². The molecule has 1 aromatic heterocycles. The quantitative estimate of drug-likeness (QED) is 0.553. The molecule has 13 heavy (non-hydrogen) atoms. The summed E-state index contributed by atoms with van der Waals surface area (Å²) < 4.78 is 5.42. The molecule has 3 heteroatoms. The smallest absolute Gasteiger partial charge is 0.139 e. The van der Waals surface area contributed by atoms with Crippen LogP contribution < -0.4 is 10.1 Å². The molecule has 0 spiro atoms. The second-order valence-corrected chi connectivity index (χ2v) is 2.59. The van der Waals surface area contributed by atoms with Crippen molar-refractivity contribution >= 4 is 5.69 Å². The van der Waals surface area contributed by atoms with E-state index in [0.717, 1.165) is 17.9 Å². The first-order chi connectivity index (χ1) is 6.36. The Hall–Kier alpha value is -1.51. The first-order valence-electron chi connectivity index (χ1n) is 4.23. The van der Waals surface area contributed by atoms with Crippen molar-refractivity contribution in [1.82, 2.24) is 4.98 Å². The molecule has 0 unspecified atom stereocenters. The van der Waals surface area contributed by atoms with Gasteiger partial charge in [-0.25, -0.2) is 0 Å². The Morgan fingerprint density at radius 1 is 1.62 bits per heavy atom. The van der Waals surface area contributed by atoms with Gasteiger partial charge in [0.15, 0.2) is 0 Å². The molecular weight excluding hydrogens is 164 g/mol. The van der Waals surface area contributed by atoms with Crippen molar-refractivity contribution in [3.63, 3.8) is 0 Å². The standard InChI is InChI=1S/C10H14N2O/c1-3-4-5-13-10-6-9(11-2)7-12-8-10/h3,6-8,11H,1,4-5H2,2H3. The van der Waals surface area contributed by atoms with E-state index in [2.05, 4.69) is 16.9 Å². The number of hydrogen-bond acceptors (Lipinski definition) is 3. The average molecular weight is 178 g/mol. The lowest BCUT2D eigenvalue weighted by Gasteiger charge is -2.05. The summed E-state index contributed by atoms with van der Waals surface area (Å²) in [5, 5.41) is 3.00. The first kappa shape index (κ1) is 9.58. The summed E-state index contributed by atoms with van der Waals surface area (Å²) in [6.45, 7) is 4.27. The van der Waals surface area contributed by atoms with Crippen LogP contribution in [0.15, 0.2) is 31.1 Å². The number of anilines is 1. The molecule has 0 aliphatic rings. The molecule has 0 saturated carbocycles. The predicted octanol–water partition coefficient (Wildman–Crippen LogP) is 2.08. The Kier molecular flexibility index (Phi) is 3.82. The average Bonchev–Trinajstić information content (AvgIpc) is 2.19. The van der Waals surface area contributed by atoms with Crippen molar-refractivity contribution < 1.29 is 4.74 Å². The van der Waals surface area contributed by atoms with Gasteiger partial charge in [-0.15, -0.1) is 6.58 Å². The van der Waals surface area contributed by atoms with E-state index in [9.17, 15) is 0 Å². The molecule has 0 fully saturated rings. The Morgan fingerprint density at radius 3 is 3.15 bits per heavy atom. The zero-order valence-corrected chi connectivity index (χ0v) is 7.79. The van der Waals surface area contributed by atoms with Crippen molar-refractivity contribution in [2.45, 2.75) is 6.42 Å². The van der Waals surface area contributed by atoms with Gasteiger partial charge in [0, 0.05) is 13.1 Å². The molecular formula is C10H14N2O. The van der Waals surface area contributed by atoms with Gasteiger partial charge in [0.1, 0.15) is 5.75 Å². The van der Waals surface area contributed by atoms with Crippen LogP contribution in [0.25, 0.3) is 0 Å². The Balaban J connectivity index is 2.50. The maximum atomic E-state index is 5.42. The minimum Gasteiger partial charge on any atom is -0.492 e. The molecule has 3 nitrogen and oxygen atoms in total. The van der Waals surface area contributed by atoms with Crippen LogP contribution in [0.4, 0.5) is 5.69 Å². The molecule has 0 bridgehead atoms. The lowest BCUT2D eigenvalue weighted by atomic mass is 10.4. The van der Waals surface area contributed by atoms with Crippen LogP contribution in [0.5, 0.6) is 5.75 Å². The highest BCUT2D eigenvalue weighted by Crippen LogP contribution is 2.14. The van der Waals surface area contributed by atoms with Gasteiger partial charge in [-0.05, 0) is 6.42 Å². The molecule has 0 radical (unpaired) electrons. The maximum absolute atomic E-state index is 5.42. The number of hydrogen-bond donors (Lipinski definition) is 1. The topological polar surface area (TPSA) is 34.1 Å². The number of nitrogens with one attached hydrogen (secondary N) is 1. The molecule has 0 atom stereocenters. The van der Waals surface area contributed by atoms with Crippen LogP contribution in [-0.2, 0) is 0 Å². The predicted molar refractivity (Wildman–Crippen MR) is 54.1 cm³/mol. The van der Waals surface area contributed by atoms with Crippen LogP contribution in [0.2, 0.25) is 0 Å². The summed E-state index contributed by atoms with van der Waals surface area (Å²) in [6, 6.07) is 1.91. The maximum Gasteiger partial charge on any atom is 0.139 e. The van der Waals surface area contributed by atoms with E-state index in [1.54, 1.807) is 12.4 Å². The fourth-order valence-electron chi connectivity index (χ4n) is 0.895. The largest absolute Gasteiger partial charge is 0.492 e. The van der Waals surface area contributed by atoms with Gasteiger partial charge in [0.25, 0.3) is 0 Å². The van der Waals surface area contributed by atoms with Crippen molar-refractivity contribution in [3.05, 3.63) is 31.1 Å². The van der Waals surface area contributed by atoms with Gasteiger partial charge >= 0.3 is 0 Å². The number of rotatable bonds is 5. The van der Waals surface area contributed by atoms with Crippen molar-refractivity contribution in [2.75, 3.05) is 19.0 Å². The third kappa shape index (κ3) is 3.15. The third-order valence-corrected chi connectivity index (χ3v) is 1.59. The summed E-state index contributed by atoms with van der Waals surface area (Å²) in [5.74, 6) is 0.786. The number of nitrogens with zero attached hydrogens (tertiary/aromatic N) is 1. The molecule has 0 saturated heterocycles. The Labute approximate surface area is 78.4 Å². The van der Waals surface area contributed by atoms with Crippen molar-refractivity contribution in [2.24, 2.45) is 0 Å². The second-order valence-electron chi connectivity index (χ2n) is 2.59. The summed E-state index contributed by atoms with van der Waals surface area (Å²) in [4.78, 5) is 4.02. The van der Waals surface area contributed by atoms with E-state index < -0.39 is 0 Å². The minimum atomic E-state index is 0.651. The van der Waals surface area contributed by atoms with E-state index in [1.807, 2.05) is 19.2 Å². The van der Waals surface area contributed by atoms with E-state index in [1.165, 1.54) is 0 Å². The lowest BCUT2D eigenvalue weighted by Crippen LogP contribution is -1.97. The molecule has 1 rings (SSSR count). The van der Waals surface area contributed by atoms with E-state index in [0.29, 0.717) is 6.61 Å². The summed E-state index contributed by atoms with van der Waals surface area (Å²) in [7, 11) is 1.85. The van der Waals surface area contributed by atoms with Crippen LogP contribution in [0, 0.1) is 0 Å². The van der Waals surface area contributed by atoms with Crippen LogP contribution in [0.1, 0.15) is 6.42 Å². The highest BCUT2D eigenvalue weighted by molar-refractivity contribution is 5.44. The molecule has 0 aromatic carbocycles. The number of pyridine rings is 1. The van der Waals surface area contributed by atoms with Crippen molar-refractivity contribution in [1.29, 1.82) is 0 Å². The van der Waals surface area contributed by atoms with Crippen LogP contribution in [0.3, 0.4) is 0 Å². The normalized spacial score (nSPS) is 9.31. The van der Waals surface area contributed by atoms with Gasteiger partial charge in [-0.1, -0.05) is 6.08 Å². The van der Waals surface area contributed by atoms with E-state index in [4.69, 9.17) is 4.74 Å². The summed E-state index contributed by atoms with van der Waals surface area (Å²) in [5.41, 5.74) is 0.955. The number of aromatic nitrogens is 1. The molecule has 1 N–H and O–H groups in total. The van der Waals surface area contributed by atoms with Gasteiger partial charge in [0.2, 0.25) is 0 Å². The van der Waals surface area contributed by atoms with Gasteiger partial charge < -0.3 is 10.1 Å². The summed E-state index contributed by atoms with van der Waals surface area (Å²) in [6.07, 6.45) is 6.13. The molecule has 1 heterocycles. The number of ether oxygens (including phenoxy) is 1. The SMILES string of the molecule is C=CCCOc1cncc(NC)c1. The Bertz CT molecular complexity index is 273. The fourth-order valence-corrected chi connectivity index (χ4v) is 0.895. The fraction of sp³-hybridized carbons (Fsp3) is 0.300. The molecule has 1 aromatic rings. The zero-order valence-electron chi connectivity index (χ0n) is 7.79. The van der Waals surface area contributed by atoms with Gasteiger partial charge in [-0.2, -0.15) is 0 Å². The molecule has 0 aliphatic heterocycles. The van der Waals surface area contributed by atoms with Crippen LogP contribution in [-0.4, -0.2) is 18.6 Å². The second kappa shape index (κ2) is 5.19. The van der Waals surface area contributed by atoms with Gasteiger partial charge in [0.05, 0.1) is 24.7 Å². The summed E-state index contributed by atoms with van der Waals surface area (Å²) >= 11 is 0. The van der Waals surface area contributed by atoms with Crippen LogP contribution >= 0.6 is 0 Å². The lowest BCUT2D eigenvalue weighted by molar-refractivity contribution is 0.324. The molecule has 0 aliphatic carbocycles. The van der Waals surface area contributed by atoms with Gasteiger partial charge in [-0.3, -0.25) is 4.98 Å². The minimum absolute atomic E-state index is 0.651. The Morgan fingerprint density at radius 2 is 2.46 bits per heavy atom. The molecule has 70 valence electrons. The first-order valence-corrected chi connectivity index (χ1v) is 4.23. The highest BCUT2D eigenvalue weighted by atomic mass is 16.5. The van der Waals surface area contributed by atoms with Crippen molar-refractivity contribution in [3.8, 4) is 5.75 Å². The van der Waals surface area contributed by atoms with E-state index in [-0.39, 0.29) is 0 Å². The molecule has 0 amide bonds. The zero-order chi connectivity index (χ0) is 9.52. The third-order valence-electron chi connectivity index (χ3n) is 1.59. The monoisotopic (exact) mass is 178 g/mol.